The molecule has 0 fully saturated rings. The average Bonchev–Trinajstić information content (AvgIpc) is 2.84. The molecule has 24 heavy (non-hydrogen) atoms. The number of ether oxygens (including phenoxy) is 1. The van der Waals surface area contributed by atoms with Gasteiger partial charge in [0.1, 0.15) is 6.33 Å². The van der Waals surface area contributed by atoms with Gasteiger partial charge in [0.2, 0.25) is 5.88 Å². The van der Waals surface area contributed by atoms with E-state index in [0.717, 1.165) is 16.8 Å². The largest absolute Gasteiger partial charge is 0.478 e. The lowest BCUT2D eigenvalue weighted by Crippen LogP contribution is -2.41. The number of rotatable bonds is 4. The Labute approximate surface area is 141 Å². The number of fused-ring (bicyclic) bond motifs is 1. The Kier molecular flexibility index (Phi) is 5.20. The fourth-order valence-electron chi connectivity index (χ4n) is 2.75. The van der Waals surface area contributed by atoms with Gasteiger partial charge in [-0.3, -0.25) is 4.98 Å². The lowest BCUT2D eigenvalue weighted by Gasteiger charge is -2.20. The third kappa shape index (κ3) is 3.79. The summed E-state index contributed by atoms with van der Waals surface area (Å²) in [6.45, 7) is 4.23. The highest BCUT2D eigenvalue weighted by Crippen LogP contribution is 2.22. The zero-order chi connectivity index (χ0) is 16.8. The van der Waals surface area contributed by atoms with Crippen molar-refractivity contribution < 1.29 is 9.53 Å². The summed E-state index contributed by atoms with van der Waals surface area (Å²) in [5, 5.41) is 2.94. The number of hydrogen-bond acceptors (Lipinski definition) is 5. The van der Waals surface area contributed by atoms with Crippen molar-refractivity contribution in [1.82, 2.24) is 25.2 Å². The molecule has 0 saturated heterocycles. The topological polar surface area (TPSA) is 80.2 Å². The van der Waals surface area contributed by atoms with Gasteiger partial charge >= 0.3 is 6.03 Å². The molecule has 1 aliphatic rings. The van der Waals surface area contributed by atoms with Crippen molar-refractivity contribution in [3.05, 3.63) is 47.7 Å². The quantitative estimate of drug-likeness (QED) is 0.922. The number of hydrogen-bond donors (Lipinski definition) is 1. The summed E-state index contributed by atoms with van der Waals surface area (Å²) in [5.74, 6) is 0.639. The average molecular weight is 327 g/mol. The Morgan fingerprint density at radius 1 is 1.33 bits per heavy atom. The Bertz CT molecular complexity index is 693. The molecule has 1 N–H and O–H groups in total. The molecule has 0 unspecified atom stereocenters. The van der Waals surface area contributed by atoms with Gasteiger partial charge in [-0.05, 0) is 25.0 Å². The molecule has 126 valence electrons. The second-order valence-corrected chi connectivity index (χ2v) is 5.54. The van der Waals surface area contributed by atoms with Gasteiger partial charge in [0.25, 0.3) is 0 Å². The lowest BCUT2D eigenvalue weighted by molar-refractivity contribution is 0.199. The molecule has 0 aliphatic carbocycles. The standard InChI is InChI=1S/C17H21N5O2/c1-2-24-16-14-5-8-22(9-6-15(14)20-12-21-16)17(23)19-11-13-4-3-7-18-10-13/h3-4,7,10,12H,2,5-6,8-9,11H2,1H3,(H,19,23). The van der Waals surface area contributed by atoms with E-state index in [4.69, 9.17) is 4.74 Å². The molecule has 3 heterocycles. The maximum atomic E-state index is 12.4. The van der Waals surface area contributed by atoms with Crippen molar-refractivity contribution in [2.75, 3.05) is 19.7 Å². The summed E-state index contributed by atoms with van der Waals surface area (Å²) >= 11 is 0. The molecule has 2 amide bonds. The fourth-order valence-corrected chi connectivity index (χ4v) is 2.75. The van der Waals surface area contributed by atoms with Gasteiger partial charge in [0, 0.05) is 44.0 Å². The monoisotopic (exact) mass is 327 g/mol. The van der Waals surface area contributed by atoms with E-state index < -0.39 is 0 Å². The zero-order valence-corrected chi connectivity index (χ0v) is 13.7. The molecule has 2 aromatic heterocycles. The van der Waals surface area contributed by atoms with Gasteiger partial charge in [-0.25, -0.2) is 14.8 Å². The minimum absolute atomic E-state index is 0.0717. The van der Waals surface area contributed by atoms with Crippen LogP contribution in [0.3, 0.4) is 0 Å². The van der Waals surface area contributed by atoms with Crippen LogP contribution in [0.4, 0.5) is 4.79 Å². The zero-order valence-electron chi connectivity index (χ0n) is 13.7. The number of urea groups is 1. The highest BCUT2D eigenvalue weighted by molar-refractivity contribution is 5.74. The van der Waals surface area contributed by atoms with Crippen LogP contribution in [0.5, 0.6) is 5.88 Å². The molecule has 0 aromatic carbocycles. The van der Waals surface area contributed by atoms with Crippen LogP contribution in [-0.2, 0) is 19.4 Å². The molecule has 1 aliphatic heterocycles. The van der Waals surface area contributed by atoms with Crippen molar-refractivity contribution in [1.29, 1.82) is 0 Å². The van der Waals surface area contributed by atoms with E-state index in [1.165, 1.54) is 6.33 Å². The SMILES string of the molecule is CCOc1ncnc2c1CCN(C(=O)NCc1cccnc1)CC2. The van der Waals surface area contributed by atoms with E-state index in [9.17, 15) is 4.79 Å². The van der Waals surface area contributed by atoms with E-state index >= 15 is 0 Å². The molecule has 7 nitrogen and oxygen atoms in total. The van der Waals surface area contributed by atoms with E-state index in [-0.39, 0.29) is 6.03 Å². The van der Waals surface area contributed by atoms with Crippen molar-refractivity contribution in [3.63, 3.8) is 0 Å². The summed E-state index contributed by atoms with van der Waals surface area (Å²) in [6, 6.07) is 3.73. The highest BCUT2D eigenvalue weighted by Gasteiger charge is 2.22. The van der Waals surface area contributed by atoms with Crippen LogP contribution >= 0.6 is 0 Å². The minimum Gasteiger partial charge on any atom is -0.478 e. The molecule has 3 rings (SSSR count). The van der Waals surface area contributed by atoms with Crippen molar-refractivity contribution in [2.45, 2.75) is 26.3 Å². The van der Waals surface area contributed by atoms with Crippen molar-refractivity contribution in [3.8, 4) is 5.88 Å². The number of carbonyl (C=O) groups excluding carboxylic acids is 1. The van der Waals surface area contributed by atoms with Crippen LogP contribution in [0, 0.1) is 0 Å². The molecule has 2 aromatic rings. The van der Waals surface area contributed by atoms with Gasteiger partial charge in [-0.15, -0.1) is 0 Å². The van der Waals surface area contributed by atoms with Gasteiger partial charge in [-0.1, -0.05) is 6.07 Å². The molecular formula is C17H21N5O2. The first kappa shape index (κ1) is 16.2. The second kappa shape index (κ2) is 7.72. The normalized spacial score (nSPS) is 13.8. The number of carbonyl (C=O) groups is 1. The Hall–Kier alpha value is -2.70. The van der Waals surface area contributed by atoms with Gasteiger partial charge in [0.15, 0.2) is 0 Å². The molecular weight excluding hydrogens is 306 g/mol. The third-order valence-electron chi connectivity index (χ3n) is 3.98. The first-order chi connectivity index (χ1) is 11.8. The van der Waals surface area contributed by atoms with Crippen LogP contribution in [0.1, 0.15) is 23.7 Å². The highest BCUT2D eigenvalue weighted by atomic mass is 16.5. The van der Waals surface area contributed by atoms with E-state index in [2.05, 4.69) is 20.3 Å². The fraction of sp³-hybridized carbons (Fsp3) is 0.412. The summed E-state index contributed by atoms with van der Waals surface area (Å²) in [5.41, 5.74) is 2.96. The van der Waals surface area contributed by atoms with Gasteiger partial charge < -0.3 is 15.0 Å². The van der Waals surface area contributed by atoms with Crippen LogP contribution in [0.25, 0.3) is 0 Å². The Balaban J connectivity index is 1.61. The van der Waals surface area contributed by atoms with Crippen molar-refractivity contribution in [2.24, 2.45) is 0 Å². The second-order valence-electron chi connectivity index (χ2n) is 5.54. The van der Waals surface area contributed by atoms with Crippen LogP contribution < -0.4 is 10.1 Å². The molecule has 0 atom stereocenters. The number of amides is 2. The van der Waals surface area contributed by atoms with Crippen LogP contribution in [0.2, 0.25) is 0 Å². The van der Waals surface area contributed by atoms with E-state index in [1.54, 1.807) is 12.4 Å². The Morgan fingerprint density at radius 3 is 3.00 bits per heavy atom. The molecule has 0 bridgehead atoms. The van der Waals surface area contributed by atoms with Gasteiger partial charge in [-0.2, -0.15) is 0 Å². The number of nitrogens with zero attached hydrogens (tertiary/aromatic N) is 4. The van der Waals surface area contributed by atoms with Crippen molar-refractivity contribution >= 4 is 6.03 Å². The predicted octanol–water partition coefficient (Wildman–Crippen LogP) is 1.58. The summed E-state index contributed by atoms with van der Waals surface area (Å²) in [7, 11) is 0. The van der Waals surface area contributed by atoms with Gasteiger partial charge in [0.05, 0.1) is 12.3 Å². The van der Waals surface area contributed by atoms with Crippen LogP contribution in [-0.4, -0.2) is 45.6 Å². The summed E-state index contributed by atoms with van der Waals surface area (Å²) < 4.78 is 5.58. The summed E-state index contributed by atoms with van der Waals surface area (Å²) in [6.07, 6.45) is 6.41. The smallest absolute Gasteiger partial charge is 0.317 e. The molecule has 0 radical (unpaired) electrons. The molecule has 7 heteroatoms. The third-order valence-corrected chi connectivity index (χ3v) is 3.98. The molecule has 0 spiro atoms. The van der Waals surface area contributed by atoms with E-state index in [0.29, 0.717) is 45.0 Å². The lowest BCUT2D eigenvalue weighted by atomic mass is 10.1. The maximum absolute atomic E-state index is 12.4. The van der Waals surface area contributed by atoms with Crippen LogP contribution in [0.15, 0.2) is 30.9 Å². The summed E-state index contributed by atoms with van der Waals surface area (Å²) in [4.78, 5) is 26.8. The maximum Gasteiger partial charge on any atom is 0.317 e. The first-order valence-electron chi connectivity index (χ1n) is 8.15. The first-order valence-corrected chi connectivity index (χ1v) is 8.15. The molecule has 0 saturated carbocycles. The predicted molar refractivity (Wildman–Crippen MR) is 88.7 cm³/mol. The number of pyridine rings is 1. The Morgan fingerprint density at radius 2 is 2.21 bits per heavy atom. The minimum atomic E-state index is -0.0717. The number of aromatic nitrogens is 3. The van der Waals surface area contributed by atoms with E-state index in [1.807, 2.05) is 24.0 Å². The number of nitrogens with one attached hydrogen (secondary N) is 1.